The fourth-order valence-corrected chi connectivity index (χ4v) is 4.54. The van der Waals surface area contributed by atoms with Crippen molar-refractivity contribution in [2.24, 2.45) is 7.05 Å². The Morgan fingerprint density at radius 2 is 1.97 bits per heavy atom. The summed E-state index contributed by atoms with van der Waals surface area (Å²) in [7, 11) is 1.80. The Balaban J connectivity index is 1.78. The van der Waals surface area contributed by atoms with Crippen LogP contribution in [0.4, 0.5) is 13.2 Å². The number of carbonyl (C=O) groups excluding carboxylic acids is 1. The average molecular weight is 422 g/mol. The fraction of sp³-hybridized carbons (Fsp3) is 0.300. The lowest BCUT2D eigenvalue weighted by Crippen LogP contribution is -2.10. The molecule has 0 radical (unpaired) electrons. The third-order valence-electron chi connectivity index (χ3n) is 4.72. The molecule has 0 aliphatic heterocycles. The van der Waals surface area contributed by atoms with E-state index in [1.165, 1.54) is 12.1 Å². The monoisotopic (exact) mass is 422 g/mol. The molecule has 0 saturated carbocycles. The summed E-state index contributed by atoms with van der Waals surface area (Å²) in [5.41, 5.74) is 2.70. The van der Waals surface area contributed by atoms with Crippen LogP contribution in [0.15, 0.2) is 30.5 Å². The van der Waals surface area contributed by atoms with E-state index in [2.05, 4.69) is 5.10 Å². The van der Waals surface area contributed by atoms with E-state index >= 15 is 0 Å². The molecule has 0 spiro atoms. The Morgan fingerprint density at radius 1 is 1.24 bits per heavy atom. The number of hydrogen-bond acceptors (Lipinski definition) is 5. The van der Waals surface area contributed by atoms with Gasteiger partial charge in [0, 0.05) is 7.05 Å². The number of aromatic nitrogens is 2. The van der Waals surface area contributed by atoms with Crippen molar-refractivity contribution < 1.29 is 27.4 Å². The lowest BCUT2D eigenvalue weighted by Gasteiger charge is -2.16. The number of aryl methyl sites for hydroxylation is 2. The molecule has 0 atom stereocenters. The summed E-state index contributed by atoms with van der Waals surface area (Å²) in [5.74, 6) is -0.173. The lowest BCUT2D eigenvalue weighted by atomic mass is 9.91. The Morgan fingerprint density at radius 3 is 2.62 bits per heavy atom. The minimum absolute atomic E-state index is 0.248. The topological polar surface area (TPSA) is 53.4 Å². The Hall–Kier alpha value is -2.81. The maximum absolute atomic E-state index is 12.8. The number of esters is 1. The molecule has 0 fully saturated rings. The van der Waals surface area contributed by atoms with E-state index in [9.17, 15) is 18.0 Å². The van der Waals surface area contributed by atoms with Gasteiger partial charge in [0.15, 0.2) is 5.06 Å². The van der Waals surface area contributed by atoms with Crippen LogP contribution in [0.3, 0.4) is 0 Å². The minimum Gasteiger partial charge on any atom is -0.462 e. The maximum Gasteiger partial charge on any atom is 0.416 e. The second-order valence-corrected chi connectivity index (χ2v) is 7.54. The third-order valence-corrected chi connectivity index (χ3v) is 5.81. The molecule has 4 rings (SSSR count). The number of hydrogen-bond donors (Lipinski definition) is 0. The Labute approximate surface area is 168 Å². The normalized spacial score (nSPS) is 13.0. The minimum atomic E-state index is -4.42. The van der Waals surface area contributed by atoms with Crippen molar-refractivity contribution in [3.63, 3.8) is 0 Å². The molecule has 3 aromatic rings. The first-order valence-electron chi connectivity index (χ1n) is 8.98. The number of thiophene rings is 1. The Kier molecular flexibility index (Phi) is 4.85. The molecule has 0 bridgehead atoms. The van der Waals surface area contributed by atoms with Crippen molar-refractivity contribution in [2.75, 3.05) is 6.61 Å². The van der Waals surface area contributed by atoms with Gasteiger partial charge in [-0.3, -0.25) is 4.68 Å². The zero-order valence-electron chi connectivity index (χ0n) is 15.7. The van der Waals surface area contributed by atoms with E-state index in [-0.39, 0.29) is 12.4 Å². The van der Waals surface area contributed by atoms with E-state index < -0.39 is 17.7 Å². The second kappa shape index (κ2) is 7.22. The molecule has 0 unspecified atom stereocenters. The zero-order chi connectivity index (χ0) is 20.8. The first-order valence-corrected chi connectivity index (χ1v) is 9.80. The van der Waals surface area contributed by atoms with Gasteiger partial charge in [-0.15, -0.1) is 0 Å². The number of alkyl halides is 3. The third kappa shape index (κ3) is 3.50. The van der Waals surface area contributed by atoms with Crippen molar-refractivity contribution in [3.05, 3.63) is 52.0 Å². The summed E-state index contributed by atoms with van der Waals surface area (Å²) in [6.07, 6.45) is -1.27. The summed E-state index contributed by atoms with van der Waals surface area (Å²) in [4.78, 5) is 12.9. The summed E-state index contributed by atoms with van der Waals surface area (Å²) in [6.45, 7) is 1.98. The number of benzene rings is 1. The summed E-state index contributed by atoms with van der Waals surface area (Å²) < 4.78 is 51.3. The molecule has 2 aromatic heterocycles. The van der Waals surface area contributed by atoms with Gasteiger partial charge < -0.3 is 9.47 Å². The Bertz CT molecular complexity index is 1070. The van der Waals surface area contributed by atoms with Gasteiger partial charge in [-0.1, -0.05) is 11.3 Å². The molecule has 0 amide bonds. The molecular formula is C20H17F3N2O3S. The van der Waals surface area contributed by atoms with Crippen molar-refractivity contribution >= 4 is 17.3 Å². The van der Waals surface area contributed by atoms with Crippen LogP contribution in [0.1, 0.15) is 33.3 Å². The van der Waals surface area contributed by atoms with Gasteiger partial charge in [-0.2, -0.15) is 18.3 Å². The smallest absolute Gasteiger partial charge is 0.416 e. The van der Waals surface area contributed by atoms with Gasteiger partial charge in [0.05, 0.1) is 29.6 Å². The summed E-state index contributed by atoms with van der Waals surface area (Å²) >= 11 is 1.14. The van der Waals surface area contributed by atoms with E-state index in [0.717, 1.165) is 52.3 Å². The predicted molar refractivity (Wildman–Crippen MR) is 101 cm³/mol. The SMILES string of the molecule is CCOC(=O)c1sc(Oc2ccc(C(F)(F)F)cc2)c2c1CCc1cnn(C)c1-2. The molecule has 29 heavy (non-hydrogen) atoms. The number of halogens is 3. The first kappa shape index (κ1) is 19.5. The maximum atomic E-state index is 12.8. The van der Waals surface area contributed by atoms with Gasteiger partial charge in [-0.25, -0.2) is 4.79 Å². The van der Waals surface area contributed by atoms with E-state index in [4.69, 9.17) is 9.47 Å². The highest BCUT2D eigenvalue weighted by atomic mass is 32.1. The summed E-state index contributed by atoms with van der Waals surface area (Å²) in [5, 5.41) is 4.74. The fourth-order valence-electron chi connectivity index (χ4n) is 3.42. The van der Waals surface area contributed by atoms with Crippen LogP contribution >= 0.6 is 11.3 Å². The van der Waals surface area contributed by atoms with E-state index in [0.29, 0.717) is 16.4 Å². The van der Waals surface area contributed by atoms with E-state index in [1.54, 1.807) is 24.9 Å². The molecule has 0 saturated heterocycles. The molecule has 5 nitrogen and oxygen atoms in total. The van der Waals surface area contributed by atoms with Gasteiger partial charge in [0.1, 0.15) is 10.6 Å². The number of nitrogens with zero attached hydrogens (tertiary/aromatic N) is 2. The van der Waals surface area contributed by atoms with Crippen molar-refractivity contribution in [2.45, 2.75) is 25.9 Å². The number of rotatable bonds is 4. The average Bonchev–Trinajstić information content (AvgIpc) is 3.22. The summed E-state index contributed by atoms with van der Waals surface area (Å²) in [6, 6.07) is 4.48. The quantitative estimate of drug-likeness (QED) is 0.540. The van der Waals surface area contributed by atoms with Crippen LogP contribution in [0.25, 0.3) is 11.3 Å². The largest absolute Gasteiger partial charge is 0.462 e. The van der Waals surface area contributed by atoms with Crippen molar-refractivity contribution in [1.82, 2.24) is 9.78 Å². The standard InChI is InChI=1S/C20H17F3N2O3S/c1-3-27-18(26)17-14-9-4-11-10-24-25(2)16(11)15(14)19(29-17)28-13-7-5-12(6-8-13)20(21,22)23/h5-8,10H,3-4,9H2,1-2H3. The van der Waals surface area contributed by atoms with Crippen molar-refractivity contribution in [1.29, 1.82) is 0 Å². The van der Waals surface area contributed by atoms with Crippen LogP contribution < -0.4 is 4.74 Å². The highest BCUT2D eigenvalue weighted by Gasteiger charge is 2.33. The molecule has 1 aliphatic rings. The molecule has 0 N–H and O–H groups in total. The molecule has 152 valence electrons. The number of carbonyl (C=O) groups is 1. The highest BCUT2D eigenvalue weighted by Crippen LogP contribution is 2.48. The van der Waals surface area contributed by atoms with Crippen LogP contribution in [0.2, 0.25) is 0 Å². The van der Waals surface area contributed by atoms with Gasteiger partial charge in [0.2, 0.25) is 0 Å². The van der Waals surface area contributed by atoms with Crippen LogP contribution in [0, 0.1) is 0 Å². The van der Waals surface area contributed by atoms with Crippen LogP contribution in [-0.2, 0) is 30.8 Å². The van der Waals surface area contributed by atoms with Gasteiger partial charge in [-0.05, 0) is 55.2 Å². The van der Waals surface area contributed by atoms with Crippen LogP contribution in [-0.4, -0.2) is 22.4 Å². The predicted octanol–water partition coefficient (Wildman–Crippen LogP) is 5.24. The van der Waals surface area contributed by atoms with Gasteiger partial charge in [0.25, 0.3) is 0 Å². The number of fused-ring (bicyclic) bond motifs is 3. The molecule has 9 heteroatoms. The lowest BCUT2D eigenvalue weighted by molar-refractivity contribution is -0.137. The van der Waals surface area contributed by atoms with E-state index in [1.807, 2.05) is 0 Å². The molecule has 1 aliphatic carbocycles. The second-order valence-electron chi connectivity index (χ2n) is 6.56. The van der Waals surface area contributed by atoms with Crippen molar-refractivity contribution in [3.8, 4) is 22.1 Å². The number of ether oxygens (including phenoxy) is 2. The van der Waals surface area contributed by atoms with Crippen LogP contribution in [0.5, 0.6) is 10.8 Å². The molecular weight excluding hydrogens is 405 g/mol. The van der Waals surface area contributed by atoms with Gasteiger partial charge >= 0.3 is 12.1 Å². The zero-order valence-corrected chi connectivity index (χ0v) is 16.5. The molecule has 2 heterocycles. The highest BCUT2D eigenvalue weighted by molar-refractivity contribution is 7.16. The first-order chi connectivity index (χ1) is 13.8. The molecule has 1 aromatic carbocycles.